The highest BCUT2D eigenvalue weighted by molar-refractivity contribution is 5.56. The smallest absolute Gasteiger partial charge is 0.161 e. The highest BCUT2D eigenvalue weighted by Gasteiger charge is 2.09. The summed E-state index contributed by atoms with van der Waals surface area (Å²) < 4.78 is 5.06. The van der Waals surface area contributed by atoms with Gasteiger partial charge in [-0.25, -0.2) is 0 Å². The summed E-state index contributed by atoms with van der Waals surface area (Å²) in [6.07, 6.45) is 6.67. The molecule has 0 aromatic heterocycles. The van der Waals surface area contributed by atoms with Gasteiger partial charge in [-0.1, -0.05) is 18.2 Å². The number of aromatic hydroxyl groups is 1. The van der Waals surface area contributed by atoms with Gasteiger partial charge in [0.05, 0.1) is 7.11 Å². The molecule has 0 radical (unpaired) electrons. The van der Waals surface area contributed by atoms with E-state index < -0.39 is 0 Å². The van der Waals surface area contributed by atoms with Crippen LogP contribution in [0.25, 0.3) is 6.08 Å². The number of phenols is 1. The lowest BCUT2D eigenvalue weighted by molar-refractivity contribution is 0.373. The molecule has 1 saturated heterocycles. The Morgan fingerprint density at radius 3 is 3.06 bits per heavy atom. The molecule has 1 fully saturated rings. The summed E-state index contributed by atoms with van der Waals surface area (Å²) in [5.74, 6) is 0.695. The minimum atomic E-state index is 0.179. The van der Waals surface area contributed by atoms with Crippen LogP contribution in [-0.2, 0) is 0 Å². The first-order valence-electron chi connectivity index (χ1n) is 5.58. The lowest BCUT2D eigenvalue weighted by atomic mass is 10.1. The number of hydrogen-bond donors (Lipinski definition) is 2. The Bertz CT molecular complexity index is 382. The molecule has 0 amide bonds. The van der Waals surface area contributed by atoms with E-state index in [1.54, 1.807) is 13.2 Å². The van der Waals surface area contributed by atoms with Gasteiger partial charge in [-0.15, -0.1) is 0 Å². The van der Waals surface area contributed by atoms with Crippen LogP contribution in [0.4, 0.5) is 0 Å². The first kappa shape index (κ1) is 11.0. The number of methoxy groups -OCH3 is 1. The van der Waals surface area contributed by atoms with Crippen LogP contribution in [-0.4, -0.2) is 24.8 Å². The lowest BCUT2D eigenvalue weighted by Crippen LogP contribution is -2.17. The number of phenolic OH excluding ortho intramolecular Hbond substituents is 1. The largest absolute Gasteiger partial charge is 0.504 e. The Morgan fingerprint density at radius 1 is 1.50 bits per heavy atom. The third-order valence-corrected chi connectivity index (χ3v) is 2.82. The van der Waals surface area contributed by atoms with Crippen molar-refractivity contribution in [3.63, 3.8) is 0 Å². The fourth-order valence-electron chi connectivity index (χ4n) is 1.90. The topological polar surface area (TPSA) is 41.5 Å². The van der Waals surface area contributed by atoms with Gasteiger partial charge in [-0.2, -0.15) is 0 Å². The van der Waals surface area contributed by atoms with Crippen molar-refractivity contribution in [2.75, 3.05) is 13.7 Å². The highest BCUT2D eigenvalue weighted by atomic mass is 16.5. The summed E-state index contributed by atoms with van der Waals surface area (Å²) in [4.78, 5) is 0. The zero-order chi connectivity index (χ0) is 11.4. The molecule has 3 nitrogen and oxygen atoms in total. The van der Waals surface area contributed by atoms with Gasteiger partial charge in [0.25, 0.3) is 0 Å². The summed E-state index contributed by atoms with van der Waals surface area (Å²) in [5.41, 5.74) is 1.04. The molecule has 86 valence electrons. The van der Waals surface area contributed by atoms with Crippen LogP contribution < -0.4 is 10.1 Å². The molecule has 1 atom stereocenters. The van der Waals surface area contributed by atoms with Crippen LogP contribution >= 0.6 is 0 Å². The Morgan fingerprint density at radius 2 is 2.38 bits per heavy atom. The quantitative estimate of drug-likeness (QED) is 0.818. The van der Waals surface area contributed by atoms with Crippen molar-refractivity contribution in [2.24, 2.45) is 0 Å². The molecule has 0 unspecified atom stereocenters. The standard InChI is InChI=1S/C13H17NO2/c1-16-13-9-10(5-7-12(13)15)4-6-11-3-2-8-14-11/h4-7,9,11,14-15H,2-3,8H2,1H3/t11-/m1/s1. The molecule has 1 aromatic rings. The number of hydrogen-bond acceptors (Lipinski definition) is 3. The maximum Gasteiger partial charge on any atom is 0.161 e. The molecule has 1 aromatic carbocycles. The van der Waals surface area contributed by atoms with Crippen molar-refractivity contribution in [3.05, 3.63) is 29.8 Å². The SMILES string of the molecule is COc1cc(C=C[C@H]2CCCN2)ccc1O. The van der Waals surface area contributed by atoms with E-state index in [4.69, 9.17) is 4.74 Å². The van der Waals surface area contributed by atoms with Gasteiger partial charge in [0.2, 0.25) is 0 Å². The van der Waals surface area contributed by atoms with Gasteiger partial charge < -0.3 is 15.2 Å². The second kappa shape index (κ2) is 5.03. The maximum atomic E-state index is 9.45. The summed E-state index contributed by atoms with van der Waals surface area (Å²) in [6.45, 7) is 1.11. The average Bonchev–Trinajstić information content (AvgIpc) is 2.81. The van der Waals surface area contributed by atoms with Gasteiger partial charge >= 0.3 is 0 Å². The number of rotatable bonds is 3. The lowest BCUT2D eigenvalue weighted by Gasteiger charge is -2.05. The van der Waals surface area contributed by atoms with E-state index in [0.29, 0.717) is 11.8 Å². The molecule has 0 aliphatic carbocycles. The van der Waals surface area contributed by atoms with E-state index in [1.165, 1.54) is 12.8 Å². The summed E-state index contributed by atoms with van der Waals surface area (Å²) in [5, 5.41) is 12.9. The Kier molecular flexibility index (Phi) is 3.47. The van der Waals surface area contributed by atoms with Gasteiger partial charge in [0.15, 0.2) is 11.5 Å². The maximum absolute atomic E-state index is 9.45. The minimum Gasteiger partial charge on any atom is -0.504 e. The third-order valence-electron chi connectivity index (χ3n) is 2.82. The summed E-state index contributed by atoms with van der Waals surface area (Å²) in [7, 11) is 1.56. The molecule has 16 heavy (non-hydrogen) atoms. The molecule has 0 saturated carbocycles. The molecular formula is C13H17NO2. The van der Waals surface area contributed by atoms with E-state index >= 15 is 0 Å². The molecule has 2 N–H and O–H groups in total. The van der Waals surface area contributed by atoms with Crippen molar-refractivity contribution in [1.82, 2.24) is 5.32 Å². The zero-order valence-electron chi connectivity index (χ0n) is 9.44. The van der Waals surface area contributed by atoms with Crippen molar-refractivity contribution in [2.45, 2.75) is 18.9 Å². The van der Waals surface area contributed by atoms with Gasteiger partial charge in [-0.05, 0) is 37.1 Å². The van der Waals surface area contributed by atoms with E-state index in [-0.39, 0.29) is 5.75 Å². The second-order valence-corrected chi connectivity index (χ2v) is 3.99. The summed E-state index contributed by atoms with van der Waals surface area (Å²) in [6, 6.07) is 5.85. The first-order valence-corrected chi connectivity index (χ1v) is 5.58. The van der Waals surface area contributed by atoms with Crippen molar-refractivity contribution < 1.29 is 9.84 Å². The fraction of sp³-hybridized carbons (Fsp3) is 0.385. The van der Waals surface area contributed by atoms with E-state index in [1.807, 2.05) is 12.1 Å². The second-order valence-electron chi connectivity index (χ2n) is 3.99. The van der Waals surface area contributed by atoms with Crippen LogP contribution in [0.15, 0.2) is 24.3 Å². The predicted molar refractivity (Wildman–Crippen MR) is 64.7 cm³/mol. The van der Waals surface area contributed by atoms with Crippen LogP contribution in [0.2, 0.25) is 0 Å². The summed E-state index contributed by atoms with van der Waals surface area (Å²) >= 11 is 0. The molecule has 1 aliphatic heterocycles. The highest BCUT2D eigenvalue weighted by Crippen LogP contribution is 2.26. The molecule has 0 bridgehead atoms. The molecule has 3 heteroatoms. The Hall–Kier alpha value is -1.48. The first-order chi connectivity index (χ1) is 7.79. The average molecular weight is 219 g/mol. The van der Waals surface area contributed by atoms with E-state index in [0.717, 1.165) is 12.1 Å². The molecular weight excluding hydrogens is 202 g/mol. The van der Waals surface area contributed by atoms with Crippen LogP contribution in [0.1, 0.15) is 18.4 Å². The van der Waals surface area contributed by atoms with E-state index in [2.05, 4.69) is 17.5 Å². The third kappa shape index (κ3) is 2.55. The molecule has 1 heterocycles. The van der Waals surface area contributed by atoms with Crippen molar-refractivity contribution in [1.29, 1.82) is 0 Å². The Labute approximate surface area is 95.7 Å². The predicted octanol–water partition coefficient (Wildman–Crippen LogP) is 2.17. The van der Waals surface area contributed by atoms with Crippen LogP contribution in [0.3, 0.4) is 0 Å². The number of ether oxygens (including phenoxy) is 1. The zero-order valence-corrected chi connectivity index (χ0v) is 9.44. The van der Waals surface area contributed by atoms with Gasteiger partial charge in [0, 0.05) is 6.04 Å². The van der Waals surface area contributed by atoms with Crippen molar-refractivity contribution in [3.8, 4) is 11.5 Å². The molecule has 0 spiro atoms. The molecule has 1 aliphatic rings. The van der Waals surface area contributed by atoms with Crippen LogP contribution in [0, 0.1) is 0 Å². The van der Waals surface area contributed by atoms with Gasteiger partial charge in [0.1, 0.15) is 0 Å². The van der Waals surface area contributed by atoms with Crippen molar-refractivity contribution >= 4 is 6.08 Å². The van der Waals surface area contributed by atoms with Crippen LogP contribution in [0.5, 0.6) is 11.5 Å². The fourth-order valence-corrected chi connectivity index (χ4v) is 1.90. The minimum absolute atomic E-state index is 0.179. The monoisotopic (exact) mass is 219 g/mol. The van der Waals surface area contributed by atoms with Gasteiger partial charge in [-0.3, -0.25) is 0 Å². The number of nitrogens with one attached hydrogen (secondary N) is 1. The number of benzene rings is 1. The normalized spacial score (nSPS) is 20.4. The van der Waals surface area contributed by atoms with E-state index in [9.17, 15) is 5.11 Å². The molecule has 2 rings (SSSR count). The Balaban J connectivity index is 2.08.